The van der Waals surface area contributed by atoms with Gasteiger partial charge in [-0.1, -0.05) is 25.4 Å². The van der Waals surface area contributed by atoms with E-state index in [1.165, 1.54) is 7.11 Å². The zero-order valence-electron chi connectivity index (χ0n) is 11.4. The van der Waals surface area contributed by atoms with Gasteiger partial charge in [-0.05, 0) is 17.5 Å². The van der Waals surface area contributed by atoms with Crippen molar-refractivity contribution < 1.29 is 19.4 Å². The number of amides is 1. The monoisotopic (exact) mass is 297 g/mol. The van der Waals surface area contributed by atoms with E-state index < -0.39 is 23.2 Å². The Hall–Kier alpha value is -1.75. The number of rotatable bonds is 4. The molecular weight excluding hydrogens is 282 g/mol. The number of hydrogen-bond donors (Lipinski definition) is 2. The van der Waals surface area contributed by atoms with Crippen LogP contribution in [0.1, 0.15) is 13.8 Å². The Morgan fingerprint density at radius 1 is 1.35 bits per heavy atom. The molecule has 20 heavy (non-hydrogen) atoms. The van der Waals surface area contributed by atoms with Crippen LogP contribution >= 0.6 is 11.6 Å². The van der Waals surface area contributed by atoms with Gasteiger partial charge in [0.1, 0.15) is 5.75 Å². The number of ether oxygens (including phenoxy) is 1. The molecule has 0 aromatic heterocycles. The van der Waals surface area contributed by atoms with Crippen LogP contribution in [0, 0.1) is 17.3 Å². The van der Waals surface area contributed by atoms with Crippen LogP contribution in [-0.4, -0.2) is 24.1 Å². The van der Waals surface area contributed by atoms with Crippen molar-refractivity contribution in [3.63, 3.8) is 0 Å². The van der Waals surface area contributed by atoms with E-state index in [-0.39, 0.29) is 5.91 Å². The number of benzene rings is 1. The molecule has 0 bridgehead atoms. The van der Waals surface area contributed by atoms with Crippen LogP contribution in [-0.2, 0) is 9.59 Å². The van der Waals surface area contributed by atoms with Crippen LogP contribution in [0.2, 0.25) is 5.02 Å². The summed E-state index contributed by atoms with van der Waals surface area (Å²) in [5.41, 5.74) is 0.00924. The highest BCUT2D eigenvalue weighted by Gasteiger charge is 2.65. The molecule has 0 heterocycles. The second-order valence-corrected chi connectivity index (χ2v) is 5.86. The van der Waals surface area contributed by atoms with Gasteiger partial charge in [0, 0.05) is 11.8 Å². The fourth-order valence-electron chi connectivity index (χ4n) is 2.55. The highest BCUT2D eigenvalue weighted by molar-refractivity contribution is 6.32. The van der Waals surface area contributed by atoms with Crippen LogP contribution in [0.3, 0.4) is 0 Å². The van der Waals surface area contributed by atoms with E-state index in [4.69, 9.17) is 21.4 Å². The maximum Gasteiger partial charge on any atom is 0.307 e. The summed E-state index contributed by atoms with van der Waals surface area (Å²) in [7, 11) is 1.48. The number of nitrogens with one attached hydrogen (secondary N) is 1. The maximum absolute atomic E-state index is 12.1. The van der Waals surface area contributed by atoms with Crippen LogP contribution < -0.4 is 10.1 Å². The van der Waals surface area contributed by atoms with Crippen molar-refractivity contribution in [1.82, 2.24) is 0 Å². The lowest BCUT2D eigenvalue weighted by Crippen LogP contribution is -2.17. The summed E-state index contributed by atoms with van der Waals surface area (Å²) in [5, 5.41) is 12.2. The molecule has 1 aromatic rings. The molecule has 1 saturated carbocycles. The topological polar surface area (TPSA) is 75.6 Å². The molecule has 0 unspecified atom stereocenters. The van der Waals surface area contributed by atoms with Crippen molar-refractivity contribution >= 4 is 29.2 Å². The van der Waals surface area contributed by atoms with Crippen molar-refractivity contribution in [2.24, 2.45) is 17.3 Å². The zero-order chi connectivity index (χ0) is 15.1. The van der Waals surface area contributed by atoms with Crippen LogP contribution in [0.25, 0.3) is 0 Å². The molecule has 1 aliphatic rings. The van der Waals surface area contributed by atoms with Gasteiger partial charge < -0.3 is 15.2 Å². The SMILES string of the molecule is COc1cc(NC(=O)[C@H]2[C@@H](C(=O)O)C2(C)C)ccc1Cl. The Morgan fingerprint density at radius 2 is 2.00 bits per heavy atom. The van der Waals surface area contributed by atoms with Gasteiger partial charge in [-0.25, -0.2) is 0 Å². The number of carboxylic acids is 1. The predicted octanol–water partition coefficient (Wildman–Crippen LogP) is 2.64. The molecule has 2 N–H and O–H groups in total. The third-order valence-electron chi connectivity index (χ3n) is 3.79. The predicted molar refractivity (Wildman–Crippen MR) is 75.0 cm³/mol. The lowest BCUT2D eigenvalue weighted by atomic mass is 10.1. The Bertz CT molecular complexity index is 570. The highest BCUT2D eigenvalue weighted by atomic mass is 35.5. The molecule has 0 aliphatic heterocycles. The summed E-state index contributed by atoms with van der Waals surface area (Å²) in [5.74, 6) is -1.96. The number of carbonyl (C=O) groups excluding carboxylic acids is 1. The van der Waals surface area contributed by atoms with Gasteiger partial charge in [-0.2, -0.15) is 0 Å². The quantitative estimate of drug-likeness (QED) is 0.896. The number of methoxy groups -OCH3 is 1. The molecule has 0 radical (unpaired) electrons. The molecule has 5 nitrogen and oxygen atoms in total. The Balaban J connectivity index is 2.12. The summed E-state index contributed by atoms with van der Waals surface area (Å²) < 4.78 is 5.07. The normalized spacial score (nSPS) is 23.0. The number of carboxylic acid groups (broad SMARTS) is 1. The largest absolute Gasteiger partial charge is 0.495 e. The van der Waals surface area contributed by atoms with Gasteiger partial charge in [-0.3, -0.25) is 9.59 Å². The van der Waals surface area contributed by atoms with Crippen molar-refractivity contribution in [3.8, 4) is 5.75 Å². The number of aliphatic carboxylic acids is 1. The molecular formula is C14H16ClNO4. The van der Waals surface area contributed by atoms with E-state index in [9.17, 15) is 9.59 Å². The number of anilines is 1. The fourth-order valence-corrected chi connectivity index (χ4v) is 2.74. The minimum absolute atomic E-state index is 0.299. The first-order valence-corrected chi connectivity index (χ1v) is 6.54. The molecule has 1 fully saturated rings. The number of halogens is 1. The highest BCUT2D eigenvalue weighted by Crippen LogP contribution is 2.58. The molecule has 1 aromatic carbocycles. The summed E-state index contributed by atoms with van der Waals surface area (Å²) in [4.78, 5) is 23.2. The average molecular weight is 298 g/mol. The Kier molecular flexibility index (Phi) is 3.65. The first kappa shape index (κ1) is 14.7. The maximum atomic E-state index is 12.1. The number of hydrogen-bond acceptors (Lipinski definition) is 3. The summed E-state index contributed by atoms with van der Waals surface area (Å²) in [6, 6.07) is 4.86. The van der Waals surface area contributed by atoms with Gasteiger partial charge in [-0.15, -0.1) is 0 Å². The van der Waals surface area contributed by atoms with Crippen molar-refractivity contribution in [1.29, 1.82) is 0 Å². The lowest BCUT2D eigenvalue weighted by Gasteiger charge is -2.09. The third-order valence-corrected chi connectivity index (χ3v) is 4.11. The lowest BCUT2D eigenvalue weighted by molar-refractivity contribution is -0.140. The van der Waals surface area contributed by atoms with Gasteiger partial charge in [0.15, 0.2) is 0 Å². The zero-order valence-corrected chi connectivity index (χ0v) is 12.2. The fraction of sp³-hybridized carbons (Fsp3) is 0.429. The van der Waals surface area contributed by atoms with Crippen molar-refractivity contribution in [3.05, 3.63) is 23.2 Å². The molecule has 0 spiro atoms. The first-order chi connectivity index (χ1) is 9.28. The smallest absolute Gasteiger partial charge is 0.307 e. The molecule has 2 rings (SSSR count). The molecule has 0 saturated heterocycles. The molecule has 2 atom stereocenters. The van der Waals surface area contributed by atoms with E-state index in [2.05, 4.69) is 5.32 Å². The van der Waals surface area contributed by atoms with Gasteiger partial charge in [0.25, 0.3) is 0 Å². The minimum Gasteiger partial charge on any atom is -0.495 e. The van der Waals surface area contributed by atoms with Crippen molar-refractivity contribution in [2.75, 3.05) is 12.4 Å². The molecule has 108 valence electrons. The van der Waals surface area contributed by atoms with E-state index in [0.717, 1.165) is 0 Å². The second kappa shape index (κ2) is 4.98. The van der Waals surface area contributed by atoms with Crippen LogP contribution in [0.15, 0.2) is 18.2 Å². The van der Waals surface area contributed by atoms with E-state index in [0.29, 0.717) is 16.5 Å². The average Bonchev–Trinajstić information content (AvgIpc) is 2.95. The van der Waals surface area contributed by atoms with Crippen LogP contribution in [0.5, 0.6) is 5.75 Å². The van der Waals surface area contributed by atoms with E-state index in [1.54, 1.807) is 32.0 Å². The van der Waals surface area contributed by atoms with Gasteiger partial charge >= 0.3 is 5.97 Å². The Morgan fingerprint density at radius 3 is 2.50 bits per heavy atom. The minimum atomic E-state index is -0.941. The molecule has 1 amide bonds. The first-order valence-electron chi connectivity index (χ1n) is 6.16. The van der Waals surface area contributed by atoms with Gasteiger partial charge in [0.05, 0.1) is 24.0 Å². The van der Waals surface area contributed by atoms with Crippen LogP contribution in [0.4, 0.5) is 5.69 Å². The molecule has 6 heteroatoms. The summed E-state index contributed by atoms with van der Waals surface area (Å²) in [6.45, 7) is 3.55. The summed E-state index contributed by atoms with van der Waals surface area (Å²) >= 11 is 5.90. The second-order valence-electron chi connectivity index (χ2n) is 5.45. The van der Waals surface area contributed by atoms with Crippen molar-refractivity contribution in [2.45, 2.75) is 13.8 Å². The van der Waals surface area contributed by atoms with E-state index in [1.807, 2.05) is 0 Å². The van der Waals surface area contributed by atoms with E-state index >= 15 is 0 Å². The Labute approximate surface area is 121 Å². The molecule has 1 aliphatic carbocycles. The summed E-state index contributed by atoms with van der Waals surface area (Å²) in [6.07, 6.45) is 0. The standard InChI is InChI=1S/C14H16ClNO4/c1-14(2)10(11(14)13(18)19)12(17)16-7-4-5-8(15)9(6-7)20-3/h4-6,10-11H,1-3H3,(H,16,17)(H,18,19)/t10-,11+/m1/s1. The number of carbonyl (C=O) groups is 2. The third kappa shape index (κ3) is 2.45. The van der Waals surface area contributed by atoms with Gasteiger partial charge in [0.2, 0.25) is 5.91 Å².